The van der Waals surface area contributed by atoms with Crippen LogP contribution in [-0.2, 0) is 0 Å². The van der Waals surface area contributed by atoms with Crippen molar-refractivity contribution in [2.24, 2.45) is 0 Å². The van der Waals surface area contributed by atoms with E-state index < -0.39 is 10.8 Å². The highest BCUT2D eigenvalue weighted by Crippen LogP contribution is 2.30. The maximum atomic E-state index is 12.2. The minimum absolute atomic E-state index is 0.0619. The number of ether oxygens (including phenoxy) is 1. The lowest BCUT2D eigenvalue weighted by Crippen LogP contribution is -2.13. The highest BCUT2D eigenvalue weighted by molar-refractivity contribution is 9.10. The van der Waals surface area contributed by atoms with Gasteiger partial charge in [0.2, 0.25) is 0 Å². The molecule has 0 aliphatic rings. The van der Waals surface area contributed by atoms with Crippen LogP contribution in [0.15, 0.2) is 40.9 Å². The number of carbonyl (C=O) groups is 1. The van der Waals surface area contributed by atoms with Crippen molar-refractivity contribution in [2.75, 3.05) is 12.4 Å². The van der Waals surface area contributed by atoms with Crippen molar-refractivity contribution in [1.82, 2.24) is 0 Å². The zero-order valence-electron chi connectivity index (χ0n) is 11.3. The van der Waals surface area contributed by atoms with Crippen molar-refractivity contribution >= 4 is 44.8 Å². The summed E-state index contributed by atoms with van der Waals surface area (Å²) < 4.78 is 5.61. The molecule has 0 fully saturated rings. The van der Waals surface area contributed by atoms with E-state index in [2.05, 4.69) is 21.2 Å². The Balaban J connectivity index is 2.36. The normalized spacial score (nSPS) is 10.1. The van der Waals surface area contributed by atoms with E-state index >= 15 is 0 Å². The second kappa shape index (κ2) is 6.76. The number of amides is 1. The predicted octanol–water partition coefficient (Wildman–Crippen LogP) is 4.27. The van der Waals surface area contributed by atoms with Crippen LogP contribution in [0.1, 0.15) is 10.4 Å². The molecular weight excluding hydrogens is 376 g/mol. The van der Waals surface area contributed by atoms with Crippen LogP contribution in [0.4, 0.5) is 11.4 Å². The summed E-state index contributed by atoms with van der Waals surface area (Å²) in [4.78, 5) is 22.7. The van der Waals surface area contributed by atoms with E-state index in [1.807, 2.05) is 0 Å². The average Bonchev–Trinajstić information content (AvgIpc) is 2.49. The fourth-order valence-corrected chi connectivity index (χ4v) is 2.32. The van der Waals surface area contributed by atoms with Crippen molar-refractivity contribution < 1.29 is 14.5 Å². The molecule has 0 aliphatic carbocycles. The number of nitrogens with one attached hydrogen (secondary N) is 1. The molecule has 1 N–H and O–H groups in total. The van der Waals surface area contributed by atoms with Crippen LogP contribution in [0.5, 0.6) is 5.75 Å². The first kappa shape index (κ1) is 16.3. The Morgan fingerprint density at radius 2 is 2.05 bits per heavy atom. The molecule has 2 aromatic carbocycles. The number of rotatable bonds is 4. The number of nitrogens with zero attached hydrogens (tertiary/aromatic N) is 1. The lowest BCUT2D eigenvalue weighted by atomic mass is 10.2. The van der Waals surface area contributed by atoms with Gasteiger partial charge in [-0.25, -0.2) is 0 Å². The number of halogens is 2. The summed E-state index contributed by atoms with van der Waals surface area (Å²) >= 11 is 9.21. The van der Waals surface area contributed by atoms with Gasteiger partial charge in [-0.3, -0.25) is 14.9 Å². The van der Waals surface area contributed by atoms with E-state index in [1.54, 1.807) is 12.1 Å². The third-order valence-electron chi connectivity index (χ3n) is 2.82. The lowest BCUT2D eigenvalue weighted by Gasteiger charge is -2.09. The SMILES string of the molecule is COc1ccc(NC(=O)c2cc(Br)ccc2Cl)c([N+](=O)[O-])c1. The molecule has 6 nitrogen and oxygen atoms in total. The van der Waals surface area contributed by atoms with Gasteiger partial charge in [0.25, 0.3) is 11.6 Å². The number of anilines is 1. The Labute approximate surface area is 139 Å². The molecule has 0 heterocycles. The molecule has 22 heavy (non-hydrogen) atoms. The van der Waals surface area contributed by atoms with E-state index in [9.17, 15) is 14.9 Å². The van der Waals surface area contributed by atoms with Crippen molar-refractivity contribution in [3.05, 3.63) is 61.6 Å². The average molecular weight is 386 g/mol. The zero-order valence-corrected chi connectivity index (χ0v) is 13.6. The van der Waals surface area contributed by atoms with Gasteiger partial charge in [-0.05, 0) is 30.3 Å². The third-order valence-corrected chi connectivity index (χ3v) is 3.65. The minimum Gasteiger partial charge on any atom is -0.496 e. The van der Waals surface area contributed by atoms with Crippen LogP contribution in [-0.4, -0.2) is 17.9 Å². The largest absolute Gasteiger partial charge is 0.496 e. The van der Waals surface area contributed by atoms with E-state index in [-0.39, 0.29) is 22.0 Å². The first-order valence-corrected chi connectivity index (χ1v) is 7.18. The number of carbonyl (C=O) groups excluding carboxylic acids is 1. The van der Waals surface area contributed by atoms with E-state index in [0.717, 1.165) is 0 Å². The van der Waals surface area contributed by atoms with Gasteiger partial charge in [0.05, 0.1) is 28.7 Å². The molecule has 2 rings (SSSR count). The first-order chi connectivity index (χ1) is 10.4. The maximum absolute atomic E-state index is 12.2. The molecule has 8 heteroatoms. The van der Waals surface area contributed by atoms with Gasteiger partial charge in [-0.1, -0.05) is 27.5 Å². The molecule has 0 unspecified atom stereocenters. The van der Waals surface area contributed by atoms with Crippen LogP contribution in [0.25, 0.3) is 0 Å². The van der Waals surface area contributed by atoms with Crippen LogP contribution in [0.3, 0.4) is 0 Å². The summed E-state index contributed by atoms with van der Waals surface area (Å²) in [5.41, 5.74) is 0.00631. The highest BCUT2D eigenvalue weighted by atomic mass is 79.9. The van der Waals surface area contributed by atoms with Crippen molar-refractivity contribution in [2.45, 2.75) is 0 Å². The van der Waals surface area contributed by atoms with Gasteiger partial charge >= 0.3 is 0 Å². The van der Waals surface area contributed by atoms with E-state index in [0.29, 0.717) is 10.2 Å². The number of hydrogen-bond acceptors (Lipinski definition) is 4. The fourth-order valence-electron chi connectivity index (χ4n) is 1.76. The molecule has 0 atom stereocenters. The third kappa shape index (κ3) is 3.55. The Kier molecular flexibility index (Phi) is 4.99. The number of methoxy groups -OCH3 is 1. The lowest BCUT2D eigenvalue weighted by molar-refractivity contribution is -0.384. The Bertz CT molecular complexity index is 752. The molecule has 0 radical (unpaired) electrons. The first-order valence-electron chi connectivity index (χ1n) is 6.01. The summed E-state index contributed by atoms with van der Waals surface area (Å²) in [5, 5.41) is 13.8. The predicted molar refractivity (Wildman–Crippen MR) is 86.8 cm³/mol. The zero-order chi connectivity index (χ0) is 16.3. The van der Waals surface area contributed by atoms with Gasteiger partial charge in [0.15, 0.2) is 0 Å². The van der Waals surface area contributed by atoms with Crippen molar-refractivity contribution in [1.29, 1.82) is 0 Å². The summed E-state index contributed by atoms with van der Waals surface area (Å²) in [6.45, 7) is 0. The molecule has 114 valence electrons. The van der Waals surface area contributed by atoms with E-state index in [4.69, 9.17) is 16.3 Å². The second-order valence-corrected chi connectivity index (χ2v) is 5.54. The highest BCUT2D eigenvalue weighted by Gasteiger charge is 2.19. The Morgan fingerprint density at radius 1 is 1.32 bits per heavy atom. The summed E-state index contributed by atoms with van der Waals surface area (Å²) in [7, 11) is 1.40. The molecule has 2 aromatic rings. The Morgan fingerprint density at radius 3 is 2.68 bits per heavy atom. The minimum atomic E-state index is -0.597. The molecule has 0 saturated heterocycles. The van der Waals surface area contributed by atoms with Gasteiger partial charge < -0.3 is 10.1 Å². The van der Waals surface area contributed by atoms with Crippen LogP contribution < -0.4 is 10.1 Å². The number of hydrogen-bond donors (Lipinski definition) is 1. The van der Waals surface area contributed by atoms with Crippen LogP contribution in [0.2, 0.25) is 5.02 Å². The molecular formula is C14H10BrClN2O4. The molecule has 0 spiro atoms. The van der Waals surface area contributed by atoms with E-state index in [1.165, 1.54) is 31.4 Å². The molecule has 0 aromatic heterocycles. The molecule has 0 saturated carbocycles. The van der Waals surface area contributed by atoms with Crippen LogP contribution in [0, 0.1) is 10.1 Å². The molecule has 0 bridgehead atoms. The molecule has 0 aliphatic heterocycles. The number of nitro benzene ring substituents is 1. The smallest absolute Gasteiger partial charge is 0.296 e. The summed E-state index contributed by atoms with van der Waals surface area (Å²) in [6, 6.07) is 8.94. The van der Waals surface area contributed by atoms with Crippen molar-refractivity contribution in [3.8, 4) is 5.75 Å². The van der Waals surface area contributed by atoms with Crippen LogP contribution >= 0.6 is 27.5 Å². The maximum Gasteiger partial charge on any atom is 0.296 e. The van der Waals surface area contributed by atoms with Gasteiger partial charge in [-0.15, -0.1) is 0 Å². The van der Waals surface area contributed by atoms with Gasteiger partial charge in [0.1, 0.15) is 11.4 Å². The monoisotopic (exact) mass is 384 g/mol. The van der Waals surface area contributed by atoms with Gasteiger partial charge in [-0.2, -0.15) is 0 Å². The standard InChI is InChI=1S/C14H10BrClN2O4/c1-22-9-3-5-12(13(7-9)18(20)21)17-14(19)10-6-8(15)2-4-11(10)16/h2-7H,1H3,(H,17,19). The summed E-state index contributed by atoms with van der Waals surface area (Å²) in [5.74, 6) is -0.218. The fraction of sp³-hybridized carbons (Fsp3) is 0.0714. The quantitative estimate of drug-likeness (QED) is 0.629. The molecule has 1 amide bonds. The Hall–Kier alpha value is -2.12. The summed E-state index contributed by atoms with van der Waals surface area (Å²) in [6.07, 6.45) is 0. The van der Waals surface area contributed by atoms with Gasteiger partial charge in [0, 0.05) is 4.47 Å². The number of benzene rings is 2. The number of nitro groups is 1. The second-order valence-electron chi connectivity index (χ2n) is 4.22. The topological polar surface area (TPSA) is 81.5 Å². The van der Waals surface area contributed by atoms with Crippen molar-refractivity contribution in [3.63, 3.8) is 0 Å².